The zero-order valence-electron chi connectivity index (χ0n) is 9.41. The molecule has 0 atom stereocenters. The van der Waals surface area contributed by atoms with Crippen LogP contribution in [0.5, 0.6) is 11.5 Å². The second-order valence-electron chi connectivity index (χ2n) is 3.46. The van der Waals surface area contributed by atoms with Crippen LogP contribution in [0.1, 0.15) is 5.56 Å². The summed E-state index contributed by atoms with van der Waals surface area (Å²) < 4.78 is 18.8. The number of ether oxygens (including phenoxy) is 1. The quantitative estimate of drug-likeness (QED) is 0.624. The van der Waals surface area contributed by atoms with E-state index in [1.165, 1.54) is 18.5 Å². The number of hydrogen-bond donors (Lipinski definition) is 0. The highest BCUT2D eigenvalue weighted by Crippen LogP contribution is 2.28. The number of halogens is 1. The van der Waals surface area contributed by atoms with E-state index >= 15 is 0 Å². The summed E-state index contributed by atoms with van der Waals surface area (Å²) in [5.74, 6) is -1.02. The Labute approximate surface area is 106 Å². The van der Waals surface area contributed by atoms with Crippen LogP contribution in [0.2, 0.25) is 0 Å². The normalized spacial score (nSPS) is 9.68. The summed E-state index contributed by atoms with van der Waals surface area (Å²) in [6.07, 6.45) is 2.66. The minimum Gasteiger partial charge on any atom is -0.451 e. The van der Waals surface area contributed by atoms with Gasteiger partial charge in [-0.3, -0.25) is 15.1 Å². The van der Waals surface area contributed by atoms with E-state index in [0.717, 1.165) is 18.2 Å². The SMILES string of the molecule is N#Cc1ccncc1Oc1ccc([N+](=O)[O-])cc1F. The molecule has 6 nitrogen and oxygen atoms in total. The van der Waals surface area contributed by atoms with E-state index in [0.29, 0.717) is 0 Å². The fourth-order valence-electron chi connectivity index (χ4n) is 1.36. The molecule has 0 aliphatic heterocycles. The minimum atomic E-state index is -0.887. The van der Waals surface area contributed by atoms with Gasteiger partial charge in [-0.05, 0) is 12.1 Å². The van der Waals surface area contributed by atoms with Gasteiger partial charge in [0.15, 0.2) is 17.3 Å². The minimum absolute atomic E-state index is 0.0813. The highest BCUT2D eigenvalue weighted by atomic mass is 19.1. The van der Waals surface area contributed by atoms with Crippen molar-refractivity contribution in [2.45, 2.75) is 0 Å². The fourth-order valence-corrected chi connectivity index (χ4v) is 1.36. The second kappa shape index (κ2) is 5.10. The van der Waals surface area contributed by atoms with Crippen molar-refractivity contribution in [1.29, 1.82) is 5.26 Å². The standard InChI is InChI=1S/C12H6FN3O3/c13-10-5-9(16(17)18)1-2-11(10)19-12-7-15-4-3-8(12)6-14/h1-5,7H. The Kier molecular flexibility index (Phi) is 3.34. The second-order valence-corrected chi connectivity index (χ2v) is 3.46. The molecule has 0 spiro atoms. The number of nitro benzene ring substituents is 1. The van der Waals surface area contributed by atoms with E-state index in [4.69, 9.17) is 10.00 Å². The largest absolute Gasteiger partial charge is 0.451 e. The van der Waals surface area contributed by atoms with Crippen LogP contribution in [-0.4, -0.2) is 9.91 Å². The fraction of sp³-hybridized carbons (Fsp3) is 0. The van der Waals surface area contributed by atoms with Crippen LogP contribution in [-0.2, 0) is 0 Å². The maximum Gasteiger partial charge on any atom is 0.272 e. The first-order chi connectivity index (χ1) is 9.11. The molecule has 0 unspecified atom stereocenters. The number of nitriles is 1. The molecule has 0 saturated heterocycles. The molecule has 0 saturated carbocycles. The van der Waals surface area contributed by atoms with Gasteiger partial charge in [0.05, 0.1) is 22.7 Å². The number of nitro groups is 1. The Morgan fingerprint density at radius 1 is 1.37 bits per heavy atom. The lowest BCUT2D eigenvalue weighted by Crippen LogP contribution is -1.94. The Hall–Kier alpha value is -3.01. The van der Waals surface area contributed by atoms with Crippen molar-refractivity contribution in [3.05, 3.63) is 58.2 Å². The van der Waals surface area contributed by atoms with E-state index in [1.54, 1.807) is 0 Å². The molecule has 0 N–H and O–H groups in total. The van der Waals surface area contributed by atoms with Crippen molar-refractivity contribution in [2.75, 3.05) is 0 Å². The van der Waals surface area contributed by atoms with Gasteiger partial charge in [-0.15, -0.1) is 0 Å². The smallest absolute Gasteiger partial charge is 0.272 e. The first-order valence-electron chi connectivity index (χ1n) is 5.07. The molecule has 0 fully saturated rings. The summed E-state index contributed by atoms with van der Waals surface area (Å²) in [7, 11) is 0. The Morgan fingerprint density at radius 3 is 2.79 bits per heavy atom. The number of nitrogens with zero attached hydrogens (tertiary/aromatic N) is 3. The van der Waals surface area contributed by atoms with E-state index in [-0.39, 0.29) is 22.7 Å². The number of aromatic nitrogens is 1. The van der Waals surface area contributed by atoms with Gasteiger partial charge in [0.2, 0.25) is 0 Å². The highest BCUT2D eigenvalue weighted by Gasteiger charge is 2.13. The van der Waals surface area contributed by atoms with Gasteiger partial charge in [-0.25, -0.2) is 4.39 Å². The first-order valence-corrected chi connectivity index (χ1v) is 5.07. The summed E-state index contributed by atoms with van der Waals surface area (Å²) in [5.41, 5.74) is -0.190. The summed E-state index contributed by atoms with van der Waals surface area (Å²) in [5, 5.41) is 19.3. The van der Waals surface area contributed by atoms with Gasteiger partial charge in [0, 0.05) is 12.3 Å². The monoisotopic (exact) mass is 259 g/mol. The van der Waals surface area contributed by atoms with Gasteiger partial charge < -0.3 is 4.74 Å². The zero-order valence-corrected chi connectivity index (χ0v) is 9.41. The van der Waals surface area contributed by atoms with Crippen molar-refractivity contribution in [2.24, 2.45) is 0 Å². The summed E-state index contributed by atoms with van der Waals surface area (Å²) in [4.78, 5) is 13.5. The number of non-ortho nitro benzene ring substituents is 1. The van der Waals surface area contributed by atoms with Gasteiger partial charge >= 0.3 is 0 Å². The predicted octanol–water partition coefficient (Wildman–Crippen LogP) is 2.79. The first kappa shape index (κ1) is 12.4. The molecule has 0 amide bonds. The maximum atomic E-state index is 13.6. The molecule has 19 heavy (non-hydrogen) atoms. The molecular weight excluding hydrogens is 253 g/mol. The van der Waals surface area contributed by atoms with Crippen molar-refractivity contribution >= 4 is 5.69 Å². The van der Waals surface area contributed by atoms with E-state index in [2.05, 4.69) is 4.98 Å². The van der Waals surface area contributed by atoms with E-state index in [9.17, 15) is 14.5 Å². The summed E-state index contributed by atoms with van der Waals surface area (Å²) in [6, 6.07) is 6.27. The van der Waals surface area contributed by atoms with Crippen molar-refractivity contribution < 1.29 is 14.1 Å². The van der Waals surface area contributed by atoms with Crippen LogP contribution in [0.3, 0.4) is 0 Å². The summed E-state index contributed by atoms with van der Waals surface area (Å²) in [6.45, 7) is 0. The topological polar surface area (TPSA) is 89.0 Å². The van der Waals surface area contributed by atoms with Crippen LogP contribution < -0.4 is 4.74 Å². The lowest BCUT2D eigenvalue weighted by atomic mass is 10.2. The van der Waals surface area contributed by atoms with Crippen LogP contribution in [0, 0.1) is 27.3 Å². The molecule has 0 aliphatic rings. The van der Waals surface area contributed by atoms with Crippen molar-refractivity contribution in [1.82, 2.24) is 4.98 Å². The lowest BCUT2D eigenvalue weighted by molar-refractivity contribution is -0.385. The summed E-state index contributed by atoms with van der Waals surface area (Å²) >= 11 is 0. The molecule has 0 radical (unpaired) electrons. The molecular formula is C12H6FN3O3. The highest BCUT2D eigenvalue weighted by molar-refractivity contribution is 5.45. The maximum absolute atomic E-state index is 13.6. The average molecular weight is 259 g/mol. The van der Waals surface area contributed by atoms with Crippen LogP contribution in [0.4, 0.5) is 10.1 Å². The molecule has 7 heteroatoms. The third kappa shape index (κ3) is 2.63. The van der Waals surface area contributed by atoms with Crippen molar-refractivity contribution in [3.63, 3.8) is 0 Å². The molecule has 2 aromatic rings. The molecule has 0 bridgehead atoms. The Bertz CT molecular complexity index is 682. The number of hydrogen-bond acceptors (Lipinski definition) is 5. The number of pyridine rings is 1. The number of rotatable bonds is 3. The molecule has 94 valence electrons. The Balaban J connectivity index is 2.34. The molecule has 2 rings (SSSR count). The molecule has 1 aromatic heterocycles. The van der Waals surface area contributed by atoms with Crippen LogP contribution in [0.25, 0.3) is 0 Å². The van der Waals surface area contributed by atoms with Crippen molar-refractivity contribution in [3.8, 4) is 17.6 Å². The lowest BCUT2D eigenvalue weighted by Gasteiger charge is -2.07. The third-order valence-electron chi connectivity index (χ3n) is 2.25. The van der Waals surface area contributed by atoms with Gasteiger partial charge in [-0.1, -0.05) is 0 Å². The van der Waals surface area contributed by atoms with Crippen LogP contribution >= 0.6 is 0 Å². The zero-order chi connectivity index (χ0) is 13.8. The van der Waals surface area contributed by atoms with Gasteiger partial charge in [0.1, 0.15) is 6.07 Å². The van der Waals surface area contributed by atoms with E-state index in [1.807, 2.05) is 6.07 Å². The van der Waals surface area contributed by atoms with Gasteiger partial charge in [-0.2, -0.15) is 5.26 Å². The Morgan fingerprint density at radius 2 is 2.16 bits per heavy atom. The average Bonchev–Trinajstić information content (AvgIpc) is 2.41. The number of benzene rings is 1. The molecule has 1 aromatic carbocycles. The molecule has 1 heterocycles. The van der Waals surface area contributed by atoms with Gasteiger partial charge in [0.25, 0.3) is 5.69 Å². The van der Waals surface area contributed by atoms with E-state index < -0.39 is 10.7 Å². The van der Waals surface area contributed by atoms with Crippen LogP contribution in [0.15, 0.2) is 36.7 Å². The molecule has 0 aliphatic carbocycles. The predicted molar refractivity (Wildman–Crippen MR) is 62.1 cm³/mol. The third-order valence-corrected chi connectivity index (χ3v) is 2.25.